The molecular formula is C15H22Cl2N2O. The van der Waals surface area contributed by atoms with Crippen molar-refractivity contribution >= 4 is 29.9 Å². The molecule has 2 N–H and O–H groups in total. The predicted molar refractivity (Wildman–Crippen MR) is 85.5 cm³/mol. The smallest absolute Gasteiger partial charge is 0.224 e. The fourth-order valence-corrected chi connectivity index (χ4v) is 2.71. The normalized spacial score (nSPS) is 19.8. The zero-order chi connectivity index (χ0) is 13.7. The molecule has 0 aliphatic carbocycles. The van der Waals surface area contributed by atoms with E-state index in [-0.39, 0.29) is 30.3 Å². The topological polar surface area (TPSA) is 41.1 Å². The van der Waals surface area contributed by atoms with Crippen molar-refractivity contribution in [1.82, 2.24) is 10.6 Å². The number of nitrogens with one attached hydrogen (secondary N) is 2. The van der Waals surface area contributed by atoms with Crippen LogP contribution < -0.4 is 10.6 Å². The fraction of sp³-hybridized carbons (Fsp3) is 0.533. The molecular weight excluding hydrogens is 295 g/mol. The summed E-state index contributed by atoms with van der Waals surface area (Å²) >= 11 is 6.01. The quantitative estimate of drug-likeness (QED) is 0.894. The highest BCUT2D eigenvalue weighted by Gasteiger charge is 2.23. The van der Waals surface area contributed by atoms with Crippen LogP contribution in [-0.2, 0) is 4.79 Å². The van der Waals surface area contributed by atoms with Gasteiger partial charge in [0, 0.05) is 11.6 Å². The number of piperidine rings is 1. The van der Waals surface area contributed by atoms with Crippen LogP contribution >= 0.6 is 24.0 Å². The maximum atomic E-state index is 12.2. The van der Waals surface area contributed by atoms with Gasteiger partial charge in [0.15, 0.2) is 0 Å². The molecule has 5 heteroatoms. The third-order valence-corrected chi connectivity index (χ3v) is 3.88. The third-order valence-electron chi connectivity index (χ3n) is 3.64. The van der Waals surface area contributed by atoms with Crippen LogP contribution in [0.15, 0.2) is 24.3 Å². The Morgan fingerprint density at radius 3 is 2.95 bits per heavy atom. The minimum Gasteiger partial charge on any atom is -0.349 e. The highest BCUT2D eigenvalue weighted by Crippen LogP contribution is 2.21. The Hall–Kier alpha value is -0.770. The largest absolute Gasteiger partial charge is 0.349 e. The Bertz CT molecular complexity index is 434. The molecule has 112 valence electrons. The van der Waals surface area contributed by atoms with Crippen molar-refractivity contribution in [1.29, 1.82) is 0 Å². The molecule has 1 fully saturated rings. The van der Waals surface area contributed by atoms with Crippen LogP contribution in [0, 0.1) is 5.92 Å². The Kier molecular flexibility index (Phi) is 7.35. The summed E-state index contributed by atoms with van der Waals surface area (Å²) in [5, 5.41) is 7.13. The number of amides is 1. The Morgan fingerprint density at radius 1 is 1.55 bits per heavy atom. The molecule has 0 bridgehead atoms. The molecule has 1 heterocycles. The van der Waals surface area contributed by atoms with E-state index in [0.29, 0.717) is 5.02 Å². The van der Waals surface area contributed by atoms with E-state index in [4.69, 9.17) is 11.6 Å². The van der Waals surface area contributed by atoms with Gasteiger partial charge in [0.2, 0.25) is 5.91 Å². The van der Waals surface area contributed by atoms with Gasteiger partial charge in [0.1, 0.15) is 0 Å². The van der Waals surface area contributed by atoms with Gasteiger partial charge in [-0.25, -0.2) is 0 Å². The Balaban J connectivity index is 0.00000200. The van der Waals surface area contributed by atoms with Crippen molar-refractivity contribution in [3.63, 3.8) is 0 Å². The van der Waals surface area contributed by atoms with E-state index in [9.17, 15) is 4.79 Å². The van der Waals surface area contributed by atoms with Gasteiger partial charge in [-0.3, -0.25) is 4.79 Å². The lowest BCUT2D eigenvalue weighted by Crippen LogP contribution is -2.41. The van der Waals surface area contributed by atoms with E-state index in [1.807, 2.05) is 24.3 Å². The van der Waals surface area contributed by atoms with Crippen LogP contribution in [0.5, 0.6) is 0 Å². The summed E-state index contributed by atoms with van der Waals surface area (Å²) in [5.74, 6) is 0.251. The molecule has 1 aliphatic heterocycles. The van der Waals surface area contributed by atoms with Crippen molar-refractivity contribution < 1.29 is 4.79 Å². The highest BCUT2D eigenvalue weighted by molar-refractivity contribution is 6.30. The lowest BCUT2D eigenvalue weighted by atomic mass is 9.97. The third kappa shape index (κ3) is 4.65. The van der Waals surface area contributed by atoms with Crippen LogP contribution in [0.1, 0.15) is 37.8 Å². The summed E-state index contributed by atoms with van der Waals surface area (Å²) in [7, 11) is 0. The second-order valence-corrected chi connectivity index (χ2v) is 5.50. The average molecular weight is 317 g/mol. The van der Waals surface area contributed by atoms with Crippen molar-refractivity contribution in [3.05, 3.63) is 34.9 Å². The van der Waals surface area contributed by atoms with E-state index in [1.54, 1.807) is 0 Å². The minimum atomic E-state index is 0. The summed E-state index contributed by atoms with van der Waals surface area (Å²) in [5.41, 5.74) is 1.08. The first-order chi connectivity index (χ1) is 9.20. The molecule has 1 aromatic rings. The molecule has 2 atom stereocenters. The van der Waals surface area contributed by atoms with Crippen LogP contribution in [0.25, 0.3) is 0 Å². The zero-order valence-corrected chi connectivity index (χ0v) is 13.3. The van der Waals surface area contributed by atoms with Crippen molar-refractivity contribution in [2.24, 2.45) is 5.92 Å². The average Bonchev–Trinajstić information content (AvgIpc) is 2.45. The first kappa shape index (κ1) is 17.3. The number of benzene rings is 1. The van der Waals surface area contributed by atoms with E-state index >= 15 is 0 Å². The van der Waals surface area contributed by atoms with Gasteiger partial charge < -0.3 is 10.6 Å². The molecule has 3 nitrogen and oxygen atoms in total. The number of rotatable bonds is 4. The van der Waals surface area contributed by atoms with Crippen molar-refractivity contribution in [2.45, 2.75) is 32.2 Å². The van der Waals surface area contributed by atoms with Crippen LogP contribution in [0.3, 0.4) is 0 Å². The van der Waals surface area contributed by atoms with Gasteiger partial charge in [-0.1, -0.05) is 30.7 Å². The summed E-state index contributed by atoms with van der Waals surface area (Å²) < 4.78 is 0. The molecule has 2 rings (SSSR count). The summed E-state index contributed by atoms with van der Waals surface area (Å²) in [6.07, 6.45) is 2.92. The number of carbonyl (C=O) groups is 1. The molecule has 20 heavy (non-hydrogen) atoms. The first-order valence-corrected chi connectivity index (χ1v) is 7.35. The number of hydrogen-bond donors (Lipinski definition) is 2. The minimum absolute atomic E-state index is 0. The second-order valence-electron chi connectivity index (χ2n) is 5.07. The number of carbonyl (C=O) groups excluding carboxylic acids is 1. The lowest BCUT2D eigenvalue weighted by Gasteiger charge is -2.25. The van der Waals surface area contributed by atoms with E-state index in [2.05, 4.69) is 17.6 Å². The van der Waals surface area contributed by atoms with Crippen LogP contribution in [-0.4, -0.2) is 19.0 Å². The van der Waals surface area contributed by atoms with Crippen LogP contribution in [0.4, 0.5) is 0 Å². The SMILES string of the molecule is CCC(NC(=O)C1CCCNC1)c1cccc(Cl)c1.Cl. The number of halogens is 2. The van der Waals surface area contributed by atoms with Gasteiger partial charge in [-0.15, -0.1) is 12.4 Å². The molecule has 0 saturated carbocycles. The van der Waals surface area contributed by atoms with Gasteiger partial charge in [-0.2, -0.15) is 0 Å². The summed E-state index contributed by atoms with van der Waals surface area (Å²) in [6.45, 7) is 3.89. The van der Waals surface area contributed by atoms with Gasteiger partial charge in [0.25, 0.3) is 0 Å². The first-order valence-electron chi connectivity index (χ1n) is 6.97. The second kappa shape index (κ2) is 8.50. The molecule has 0 spiro atoms. The molecule has 2 unspecified atom stereocenters. The van der Waals surface area contributed by atoms with E-state index < -0.39 is 0 Å². The predicted octanol–water partition coefficient (Wildman–Crippen LogP) is 3.33. The van der Waals surface area contributed by atoms with E-state index in [0.717, 1.165) is 37.9 Å². The molecule has 1 saturated heterocycles. The summed E-state index contributed by atoms with van der Waals surface area (Å²) in [6, 6.07) is 7.77. The summed E-state index contributed by atoms with van der Waals surface area (Å²) in [4.78, 5) is 12.2. The maximum Gasteiger partial charge on any atom is 0.224 e. The zero-order valence-electron chi connectivity index (χ0n) is 11.7. The van der Waals surface area contributed by atoms with Crippen molar-refractivity contribution in [2.75, 3.05) is 13.1 Å². The van der Waals surface area contributed by atoms with Gasteiger partial charge in [-0.05, 0) is 43.5 Å². The molecule has 1 aromatic carbocycles. The van der Waals surface area contributed by atoms with Crippen molar-refractivity contribution in [3.8, 4) is 0 Å². The van der Waals surface area contributed by atoms with Crippen LogP contribution in [0.2, 0.25) is 5.02 Å². The van der Waals surface area contributed by atoms with Gasteiger partial charge >= 0.3 is 0 Å². The Labute approximate surface area is 131 Å². The van der Waals surface area contributed by atoms with E-state index in [1.165, 1.54) is 0 Å². The number of hydrogen-bond acceptors (Lipinski definition) is 2. The highest BCUT2D eigenvalue weighted by atomic mass is 35.5. The van der Waals surface area contributed by atoms with Gasteiger partial charge in [0.05, 0.1) is 12.0 Å². The maximum absolute atomic E-state index is 12.2. The molecule has 0 aromatic heterocycles. The monoisotopic (exact) mass is 316 g/mol. The molecule has 0 radical (unpaired) electrons. The molecule has 1 amide bonds. The Morgan fingerprint density at radius 2 is 2.35 bits per heavy atom. The standard InChI is InChI=1S/C15H21ClN2O.ClH/c1-2-14(11-5-3-7-13(16)9-11)18-15(19)12-6-4-8-17-10-12;/h3,5,7,9,12,14,17H,2,4,6,8,10H2,1H3,(H,18,19);1H. The fourth-order valence-electron chi connectivity index (χ4n) is 2.51. The molecule has 1 aliphatic rings. The lowest BCUT2D eigenvalue weighted by molar-refractivity contribution is -0.126.